The lowest BCUT2D eigenvalue weighted by Crippen LogP contribution is -2.49. The molecule has 2 atom stereocenters. The van der Waals surface area contributed by atoms with Crippen LogP contribution in [0.5, 0.6) is 11.6 Å². The normalized spacial score (nSPS) is 24.3. The Balaban J connectivity index is 1.38. The van der Waals surface area contributed by atoms with Crippen molar-refractivity contribution in [2.45, 2.75) is 50.3 Å². The van der Waals surface area contributed by atoms with Crippen LogP contribution in [0.4, 0.5) is 0 Å². The van der Waals surface area contributed by atoms with E-state index in [1.807, 2.05) is 42.5 Å². The fraction of sp³-hybridized carbons (Fsp3) is 0.429. The molecule has 5 nitrogen and oxygen atoms in total. The van der Waals surface area contributed by atoms with Gasteiger partial charge in [-0.05, 0) is 36.6 Å². The van der Waals surface area contributed by atoms with E-state index in [0.717, 1.165) is 37.0 Å². The summed E-state index contributed by atoms with van der Waals surface area (Å²) in [5, 5.41) is 0. The molecule has 26 heavy (non-hydrogen) atoms. The van der Waals surface area contributed by atoms with Gasteiger partial charge in [0, 0.05) is 37.2 Å². The molecular formula is C21H24N2O3. The number of fused-ring (bicyclic) bond motifs is 2. The highest BCUT2D eigenvalue weighted by molar-refractivity contribution is 5.80. The van der Waals surface area contributed by atoms with E-state index >= 15 is 0 Å². The smallest absolute Gasteiger partial charge is 0.227 e. The molecule has 1 aromatic carbocycles. The van der Waals surface area contributed by atoms with Gasteiger partial charge in [0.1, 0.15) is 11.9 Å². The fourth-order valence-electron chi connectivity index (χ4n) is 4.23. The van der Waals surface area contributed by atoms with Crippen LogP contribution in [-0.4, -0.2) is 41.1 Å². The Hall–Kier alpha value is -2.56. The van der Waals surface area contributed by atoms with Gasteiger partial charge in [0.05, 0.1) is 13.5 Å². The molecule has 5 heteroatoms. The van der Waals surface area contributed by atoms with Crippen LogP contribution in [-0.2, 0) is 11.2 Å². The van der Waals surface area contributed by atoms with Crippen LogP contribution in [0.15, 0.2) is 48.7 Å². The number of nitrogens with zero attached hydrogens (tertiary/aromatic N) is 2. The summed E-state index contributed by atoms with van der Waals surface area (Å²) in [7, 11) is 1.65. The van der Waals surface area contributed by atoms with Gasteiger partial charge in [-0.2, -0.15) is 0 Å². The van der Waals surface area contributed by atoms with Gasteiger partial charge in [0.2, 0.25) is 11.8 Å². The van der Waals surface area contributed by atoms with E-state index in [0.29, 0.717) is 12.3 Å². The second kappa shape index (κ2) is 7.36. The number of methoxy groups -OCH3 is 1. The van der Waals surface area contributed by atoms with Crippen molar-refractivity contribution >= 4 is 5.91 Å². The zero-order valence-corrected chi connectivity index (χ0v) is 15.0. The van der Waals surface area contributed by atoms with Gasteiger partial charge in [0.15, 0.2) is 0 Å². The topological polar surface area (TPSA) is 51.7 Å². The highest BCUT2D eigenvalue weighted by Gasteiger charge is 2.43. The quantitative estimate of drug-likeness (QED) is 0.829. The lowest BCUT2D eigenvalue weighted by Gasteiger charge is -2.38. The van der Waals surface area contributed by atoms with E-state index in [2.05, 4.69) is 9.88 Å². The van der Waals surface area contributed by atoms with E-state index in [4.69, 9.17) is 9.47 Å². The third-order valence-corrected chi connectivity index (χ3v) is 5.42. The number of amides is 1. The van der Waals surface area contributed by atoms with Crippen molar-refractivity contribution in [3.8, 4) is 11.6 Å². The third kappa shape index (κ3) is 3.52. The number of pyridine rings is 1. The largest absolute Gasteiger partial charge is 0.497 e. The number of piperidine rings is 1. The van der Waals surface area contributed by atoms with Crippen LogP contribution >= 0.6 is 0 Å². The van der Waals surface area contributed by atoms with Crippen LogP contribution in [0.25, 0.3) is 0 Å². The van der Waals surface area contributed by atoms with E-state index < -0.39 is 0 Å². The van der Waals surface area contributed by atoms with Crippen molar-refractivity contribution in [2.75, 3.05) is 7.11 Å². The van der Waals surface area contributed by atoms with Crippen LogP contribution < -0.4 is 9.47 Å². The number of hydrogen-bond donors (Lipinski definition) is 0. The highest BCUT2D eigenvalue weighted by Crippen LogP contribution is 2.37. The monoisotopic (exact) mass is 352 g/mol. The number of benzene rings is 1. The number of ether oxygens (including phenoxy) is 2. The number of hydrogen-bond acceptors (Lipinski definition) is 4. The van der Waals surface area contributed by atoms with E-state index in [-0.39, 0.29) is 24.1 Å². The van der Waals surface area contributed by atoms with E-state index in [9.17, 15) is 4.79 Å². The third-order valence-electron chi connectivity index (χ3n) is 5.42. The molecule has 136 valence electrons. The molecule has 2 aliphatic heterocycles. The standard InChI is InChI=1S/C21H24N2O3/c1-25-18-9-5-15(6-10-18)12-21(24)23-16-7-8-17(23)14-19(13-16)26-20-4-2-3-11-22-20/h2-6,9-11,16-17,19H,7-8,12-14H2,1H3. The number of aromatic nitrogens is 1. The van der Waals surface area contributed by atoms with Crippen LogP contribution in [0, 0.1) is 0 Å². The summed E-state index contributed by atoms with van der Waals surface area (Å²) in [4.78, 5) is 19.3. The Kier molecular flexibility index (Phi) is 4.78. The van der Waals surface area contributed by atoms with Crippen molar-refractivity contribution in [3.63, 3.8) is 0 Å². The molecule has 1 aromatic heterocycles. The second-order valence-corrected chi connectivity index (χ2v) is 7.09. The van der Waals surface area contributed by atoms with Crippen molar-refractivity contribution in [1.82, 2.24) is 9.88 Å². The average molecular weight is 352 g/mol. The molecule has 2 aliphatic rings. The molecule has 1 amide bonds. The number of rotatable bonds is 5. The fourth-order valence-corrected chi connectivity index (χ4v) is 4.23. The molecule has 2 saturated heterocycles. The summed E-state index contributed by atoms with van der Waals surface area (Å²) in [5.74, 6) is 1.71. The maximum absolute atomic E-state index is 12.9. The maximum atomic E-state index is 12.9. The Labute approximate surface area is 153 Å². The summed E-state index contributed by atoms with van der Waals surface area (Å²) in [6.45, 7) is 0. The molecule has 0 saturated carbocycles. The van der Waals surface area contributed by atoms with Crippen molar-refractivity contribution in [1.29, 1.82) is 0 Å². The molecule has 0 aliphatic carbocycles. The van der Waals surface area contributed by atoms with Gasteiger partial charge < -0.3 is 14.4 Å². The van der Waals surface area contributed by atoms with Gasteiger partial charge in [-0.1, -0.05) is 18.2 Å². The summed E-state index contributed by atoms with van der Waals surface area (Å²) >= 11 is 0. The molecule has 0 radical (unpaired) electrons. The molecule has 4 rings (SSSR count). The Morgan fingerprint density at radius 3 is 2.46 bits per heavy atom. The minimum absolute atomic E-state index is 0.146. The summed E-state index contributed by atoms with van der Waals surface area (Å²) in [5.41, 5.74) is 1.03. The minimum Gasteiger partial charge on any atom is -0.497 e. The van der Waals surface area contributed by atoms with Crippen LogP contribution in [0.3, 0.4) is 0 Å². The predicted molar refractivity (Wildman–Crippen MR) is 98.2 cm³/mol. The Bertz CT molecular complexity index is 734. The minimum atomic E-state index is 0.146. The Morgan fingerprint density at radius 1 is 1.12 bits per heavy atom. The van der Waals surface area contributed by atoms with Gasteiger partial charge in [-0.3, -0.25) is 4.79 Å². The average Bonchev–Trinajstić information content (AvgIpc) is 2.94. The van der Waals surface area contributed by atoms with Gasteiger partial charge in [-0.15, -0.1) is 0 Å². The van der Waals surface area contributed by atoms with Crippen molar-refractivity contribution in [3.05, 3.63) is 54.2 Å². The summed E-state index contributed by atoms with van der Waals surface area (Å²) < 4.78 is 11.2. The second-order valence-electron chi connectivity index (χ2n) is 7.09. The van der Waals surface area contributed by atoms with Crippen molar-refractivity contribution in [2.24, 2.45) is 0 Å². The van der Waals surface area contributed by atoms with E-state index in [1.54, 1.807) is 13.3 Å². The van der Waals surface area contributed by atoms with E-state index in [1.165, 1.54) is 0 Å². The lowest BCUT2D eigenvalue weighted by molar-refractivity contribution is -0.136. The van der Waals surface area contributed by atoms with Gasteiger partial charge in [0.25, 0.3) is 0 Å². The molecule has 0 spiro atoms. The van der Waals surface area contributed by atoms with Crippen LogP contribution in [0.1, 0.15) is 31.2 Å². The Morgan fingerprint density at radius 2 is 1.85 bits per heavy atom. The molecule has 2 unspecified atom stereocenters. The summed E-state index contributed by atoms with van der Waals surface area (Å²) in [6.07, 6.45) is 6.26. The van der Waals surface area contributed by atoms with Gasteiger partial charge >= 0.3 is 0 Å². The van der Waals surface area contributed by atoms with Crippen LogP contribution in [0.2, 0.25) is 0 Å². The zero-order chi connectivity index (χ0) is 17.9. The highest BCUT2D eigenvalue weighted by atomic mass is 16.5. The number of carbonyl (C=O) groups is 1. The maximum Gasteiger partial charge on any atom is 0.227 e. The molecule has 2 aromatic rings. The zero-order valence-electron chi connectivity index (χ0n) is 15.0. The molecule has 2 bridgehead atoms. The molecule has 3 heterocycles. The number of carbonyl (C=O) groups excluding carboxylic acids is 1. The molecular weight excluding hydrogens is 328 g/mol. The summed E-state index contributed by atoms with van der Waals surface area (Å²) in [6, 6.07) is 14.0. The first kappa shape index (κ1) is 16.9. The van der Waals surface area contributed by atoms with Crippen molar-refractivity contribution < 1.29 is 14.3 Å². The molecule has 2 fully saturated rings. The van der Waals surface area contributed by atoms with Gasteiger partial charge in [-0.25, -0.2) is 4.98 Å². The first-order chi connectivity index (χ1) is 12.7. The lowest BCUT2D eigenvalue weighted by atomic mass is 9.98. The SMILES string of the molecule is COc1ccc(CC(=O)N2C3CCC2CC(Oc2ccccn2)C3)cc1. The predicted octanol–water partition coefficient (Wildman–Crippen LogP) is 3.23. The molecule has 0 N–H and O–H groups in total. The first-order valence-corrected chi connectivity index (χ1v) is 9.24. The first-order valence-electron chi connectivity index (χ1n) is 9.24.